The van der Waals surface area contributed by atoms with Crippen LogP contribution in [0.5, 0.6) is 0 Å². The molecule has 0 aliphatic carbocycles. The normalized spacial score (nSPS) is 11.8. The monoisotopic (exact) mass is 223 g/mol. The number of nitrogens with zero attached hydrogens (tertiary/aromatic N) is 2. The molecule has 1 aromatic carbocycles. The average Bonchev–Trinajstić information content (AvgIpc) is 2.26. The van der Waals surface area contributed by atoms with Crippen LogP contribution < -0.4 is 5.73 Å². The van der Waals surface area contributed by atoms with Crippen LogP contribution in [-0.2, 0) is 0 Å². The molecule has 1 aromatic rings. The fourth-order valence-corrected chi connectivity index (χ4v) is 1.21. The molecule has 7 heteroatoms. The van der Waals surface area contributed by atoms with Crippen LogP contribution in [0.15, 0.2) is 30.9 Å². The molecule has 0 spiro atoms. The Morgan fingerprint density at radius 3 is 2.38 bits per heavy atom. The topological polar surface area (TPSA) is 112 Å². The zero-order valence-corrected chi connectivity index (χ0v) is 8.20. The van der Waals surface area contributed by atoms with Gasteiger partial charge in [-0.1, -0.05) is 6.08 Å². The highest BCUT2D eigenvalue weighted by atomic mass is 16.6. The third kappa shape index (κ3) is 2.20. The quantitative estimate of drug-likeness (QED) is 0.474. The van der Waals surface area contributed by atoms with Crippen LogP contribution in [0.4, 0.5) is 11.4 Å². The number of benzene rings is 1. The number of nitro groups is 2. The van der Waals surface area contributed by atoms with Gasteiger partial charge in [-0.05, 0) is 6.07 Å². The Balaban J connectivity index is 3.35. The van der Waals surface area contributed by atoms with Crippen molar-refractivity contribution in [3.8, 4) is 0 Å². The molecular weight excluding hydrogens is 214 g/mol. The average molecular weight is 223 g/mol. The molecular formula is C9H9N3O4. The van der Waals surface area contributed by atoms with Gasteiger partial charge in [-0.15, -0.1) is 6.58 Å². The highest BCUT2D eigenvalue weighted by Gasteiger charge is 2.21. The molecule has 16 heavy (non-hydrogen) atoms. The molecule has 0 saturated heterocycles. The highest BCUT2D eigenvalue weighted by molar-refractivity contribution is 5.51. The van der Waals surface area contributed by atoms with Gasteiger partial charge in [0.2, 0.25) is 0 Å². The van der Waals surface area contributed by atoms with Gasteiger partial charge in [0, 0.05) is 6.07 Å². The summed E-state index contributed by atoms with van der Waals surface area (Å²) < 4.78 is 0. The Kier molecular flexibility index (Phi) is 3.31. The second kappa shape index (κ2) is 4.49. The van der Waals surface area contributed by atoms with E-state index in [4.69, 9.17) is 5.73 Å². The summed E-state index contributed by atoms with van der Waals surface area (Å²) in [5, 5.41) is 21.2. The van der Waals surface area contributed by atoms with Crippen molar-refractivity contribution in [1.82, 2.24) is 0 Å². The van der Waals surface area contributed by atoms with Gasteiger partial charge in [0.25, 0.3) is 11.4 Å². The molecule has 0 aliphatic heterocycles. The predicted molar refractivity (Wildman–Crippen MR) is 56.9 cm³/mol. The fraction of sp³-hybridized carbons (Fsp3) is 0.111. The van der Waals surface area contributed by atoms with E-state index in [1.807, 2.05) is 0 Å². The van der Waals surface area contributed by atoms with Gasteiger partial charge in [0.05, 0.1) is 27.5 Å². The number of rotatable bonds is 4. The molecule has 7 nitrogen and oxygen atoms in total. The zero-order valence-electron chi connectivity index (χ0n) is 8.20. The number of nitrogens with two attached hydrogens (primary N) is 1. The lowest BCUT2D eigenvalue weighted by Gasteiger charge is -2.06. The minimum absolute atomic E-state index is 0.200. The molecule has 1 rings (SSSR count). The highest BCUT2D eigenvalue weighted by Crippen LogP contribution is 2.28. The summed E-state index contributed by atoms with van der Waals surface area (Å²) in [6.07, 6.45) is 1.33. The van der Waals surface area contributed by atoms with Crippen molar-refractivity contribution in [2.24, 2.45) is 5.73 Å². The largest absolute Gasteiger partial charge is 0.321 e. The van der Waals surface area contributed by atoms with Crippen molar-refractivity contribution < 1.29 is 9.85 Å². The third-order valence-corrected chi connectivity index (χ3v) is 2.03. The molecule has 0 bridgehead atoms. The van der Waals surface area contributed by atoms with E-state index >= 15 is 0 Å². The summed E-state index contributed by atoms with van der Waals surface area (Å²) in [4.78, 5) is 19.8. The standard InChI is InChI=1S/C9H9N3O4/c1-2-8(10)7-4-3-6(11(13)14)5-9(7)12(15)16/h2-5,8H,1,10H2. The molecule has 1 atom stereocenters. The van der Waals surface area contributed by atoms with E-state index in [1.165, 1.54) is 18.2 Å². The Bertz CT molecular complexity index is 458. The summed E-state index contributed by atoms with van der Waals surface area (Å²) in [7, 11) is 0. The molecule has 0 heterocycles. The van der Waals surface area contributed by atoms with Crippen LogP contribution in [0.25, 0.3) is 0 Å². The van der Waals surface area contributed by atoms with Crippen molar-refractivity contribution in [2.75, 3.05) is 0 Å². The molecule has 0 saturated carbocycles. The Morgan fingerprint density at radius 1 is 1.31 bits per heavy atom. The van der Waals surface area contributed by atoms with Crippen molar-refractivity contribution in [2.45, 2.75) is 6.04 Å². The Hall–Kier alpha value is -2.28. The lowest BCUT2D eigenvalue weighted by atomic mass is 10.1. The molecule has 0 radical (unpaired) electrons. The van der Waals surface area contributed by atoms with E-state index in [-0.39, 0.29) is 16.9 Å². The number of nitro benzene ring substituents is 2. The summed E-state index contributed by atoms with van der Waals surface area (Å²) >= 11 is 0. The lowest BCUT2D eigenvalue weighted by molar-refractivity contribution is -0.394. The second-order valence-electron chi connectivity index (χ2n) is 3.02. The molecule has 84 valence electrons. The van der Waals surface area contributed by atoms with Gasteiger partial charge in [-0.25, -0.2) is 0 Å². The van der Waals surface area contributed by atoms with Crippen LogP contribution in [-0.4, -0.2) is 9.85 Å². The third-order valence-electron chi connectivity index (χ3n) is 2.03. The first-order chi connectivity index (χ1) is 7.47. The molecule has 0 aliphatic rings. The van der Waals surface area contributed by atoms with E-state index in [1.54, 1.807) is 0 Å². The predicted octanol–water partition coefficient (Wildman–Crippen LogP) is 1.69. The molecule has 2 N–H and O–H groups in total. The van der Waals surface area contributed by atoms with Gasteiger partial charge in [-0.3, -0.25) is 20.2 Å². The number of non-ortho nitro benzene ring substituents is 1. The summed E-state index contributed by atoms with van der Waals surface area (Å²) in [6.45, 7) is 3.41. The molecule has 0 fully saturated rings. The maximum atomic E-state index is 10.7. The molecule has 1 unspecified atom stereocenters. The minimum Gasteiger partial charge on any atom is -0.321 e. The van der Waals surface area contributed by atoms with E-state index in [9.17, 15) is 20.2 Å². The first kappa shape index (κ1) is 11.8. The summed E-state index contributed by atoms with van der Waals surface area (Å²) in [5.41, 5.74) is 5.05. The van der Waals surface area contributed by atoms with E-state index < -0.39 is 15.9 Å². The maximum Gasteiger partial charge on any atom is 0.281 e. The van der Waals surface area contributed by atoms with Gasteiger partial charge >= 0.3 is 0 Å². The summed E-state index contributed by atoms with van der Waals surface area (Å²) in [5.74, 6) is 0. The first-order valence-electron chi connectivity index (χ1n) is 4.28. The smallest absolute Gasteiger partial charge is 0.281 e. The zero-order chi connectivity index (χ0) is 12.3. The molecule has 0 amide bonds. The van der Waals surface area contributed by atoms with Crippen molar-refractivity contribution in [1.29, 1.82) is 0 Å². The van der Waals surface area contributed by atoms with E-state index in [0.29, 0.717) is 0 Å². The number of hydrogen-bond acceptors (Lipinski definition) is 5. The van der Waals surface area contributed by atoms with Crippen molar-refractivity contribution in [3.63, 3.8) is 0 Å². The van der Waals surface area contributed by atoms with Crippen LogP contribution in [0, 0.1) is 20.2 Å². The summed E-state index contributed by atoms with van der Waals surface area (Å²) in [6, 6.07) is 2.61. The van der Waals surface area contributed by atoms with Crippen LogP contribution in [0.3, 0.4) is 0 Å². The van der Waals surface area contributed by atoms with Crippen LogP contribution in [0.1, 0.15) is 11.6 Å². The fourth-order valence-electron chi connectivity index (χ4n) is 1.21. The SMILES string of the molecule is C=CC(N)c1ccc([N+](=O)[O-])cc1[N+](=O)[O-]. The Morgan fingerprint density at radius 2 is 1.94 bits per heavy atom. The Labute approximate surface area is 90.5 Å². The number of hydrogen-bond donors (Lipinski definition) is 1. The van der Waals surface area contributed by atoms with Crippen molar-refractivity contribution in [3.05, 3.63) is 56.6 Å². The van der Waals surface area contributed by atoms with Crippen LogP contribution >= 0.6 is 0 Å². The van der Waals surface area contributed by atoms with Crippen molar-refractivity contribution >= 4 is 11.4 Å². The maximum absolute atomic E-state index is 10.7. The van der Waals surface area contributed by atoms with Gasteiger partial charge in [0.1, 0.15) is 0 Å². The van der Waals surface area contributed by atoms with Gasteiger partial charge in [-0.2, -0.15) is 0 Å². The second-order valence-corrected chi connectivity index (χ2v) is 3.02. The van der Waals surface area contributed by atoms with Crippen LogP contribution in [0.2, 0.25) is 0 Å². The first-order valence-corrected chi connectivity index (χ1v) is 4.28. The van der Waals surface area contributed by atoms with E-state index in [0.717, 1.165) is 6.07 Å². The molecule has 0 aromatic heterocycles. The van der Waals surface area contributed by atoms with Gasteiger partial charge in [0.15, 0.2) is 0 Å². The lowest BCUT2D eigenvalue weighted by Crippen LogP contribution is -2.09. The van der Waals surface area contributed by atoms with E-state index in [2.05, 4.69) is 6.58 Å². The minimum atomic E-state index is -0.721. The van der Waals surface area contributed by atoms with Gasteiger partial charge < -0.3 is 5.73 Å².